The van der Waals surface area contributed by atoms with Crippen molar-refractivity contribution in [3.63, 3.8) is 0 Å². The van der Waals surface area contributed by atoms with Crippen LogP contribution in [0.25, 0.3) is 0 Å². The second-order valence-corrected chi connectivity index (χ2v) is 12.0. The van der Waals surface area contributed by atoms with Gasteiger partial charge in [0, 0.05) is 26.3 Å². The number of unbranched alkanes of at least 4 members (excludes halogenated alkanes) is 1. The molecule has 13 nitrogen and oxygen atoms in total. The van der Waals surface area contributed by atoms with Gasteiger partial charge in [0.1, 0.15) is 35.6 Å². The fourth-order valence-corrected chi connectivity index (χ4v) is 6.00. The number of carbonyl (C=O) groups is 1. The Morgan fingerprint density at radius 2 is 2.05 bits per heavy atom. The Labute approximate surface area is 249 Å². The van der Waals surface area contributed by atoms with Crippen LogP contribution in [0.15, 0.2) is 65.7 Å². The smallest absolute Gasteiger partial charge is 0.421 e. The van der Waals surface area contributed by atoms with Crippen LogP contribution < -0.4 is 25.3 Å². The summed E-state index contributed by atoms with van der Waals surface area (Å²) in [6, 6.07) is 0. The van der Waals surface area contributed by atoms with E-state index in [2.05, 4.69) is 36.1 Å². The van der Waals surface area contributed by atoms with E-state index in [9.17, 15) is 37.4 Å². The minimum Gasteiger partial charge on any atom is -0.777 e. The first-order chi connectivity index (χ1) is 20.7. The maximum absolute atomic E-state index is 15.1. The number of rotatable bonds is 11. The number of nitrogens with one attached hydrogen (secondary N) is 4. The summed E-state index contributed by atoms with van der Waals surface area (Å²) in [6.45, 7) is 1.86. The van der Waals surface area contributed by atoms with Crippen molar-refractivity contribution in [1.82, 2.24) is 30.0 Å². The van der Waals surface area contributed by atoms with Gasteiger partial charge in [-0.25, -0.2) is 13.9 Å². The number of aromatic nitrogens is 4. The standard InChI is InChI=1S/C26H31F4N8O5P/c1-16-7-8-25(20(27)12-16,44(41,42)43)37-24-32-15-18(26(28,29)30)22(36-24)35-19-6-5-10-38(9-3-4-11-39,17-13-33-34-14-17)21(19)23(40)31-2/h5-7,12-15,39H,3-4,8-11H2,1-2H3,(H5-,31,32,33,34,35,36,37,40,41,42,43). The van der Waals surface area contributed by atoms with Gasteiger partial charge in [0.2, 0.25) is 11.6 Å². The van der Waals surface area contributed by atoms with Crippen LogP contribution in [-0.2, 0) is 15.5 Å². The normalized spacial score (nSPS) is 23.5. The van der Waals surface area contributed by atoms with Crippen molar-refractivity contribution in [1.29, 1.82) is 0 Å². The molecule has 3 heterocycles. The summed E-state index contributed by atoms with van der Waals surface area (Å²) >= 11 is 0. The largest absolute Gasteiger partial charge is 0.777 e. The van der Waals surface area contributed by atoms with Gasteiger partial charge in [0.15, 0.2) is 18.6 Å². The second-order valence-electron chi connectivity index (χ2n) is 10.2. The van der Waals surface area contributed by atoms with Crippen molar-refractivity contribution in [2.75, 3.05) is 37.4 Å². The number of anilines is 2. The van der Waals surface area contributed by atoms with E-state index in [1.807, 2.05) is 0 Å². The van der Waals surface area contributed by atoms with Crippen molar-refractivity contribution < 1.29 is 41.8 Å². The molecule has 18 heteroatoms. The molecule has 6 N–H and O–H groups in total. The number of H-pyrrole nitrogens is 1. The third kappa shape index (κ3) is 6.32. The van der Waals surface area contributed by atoms with E-state index in [1.165, 1.54) is 32.3 Å². The predicted molar refractivity (Wildman–Crippen MR) is 151 cm³/mol. The van der Waals surface area contributed by atoms with Crippen LogP contribution in [0, 0.1) is 0 Å². The number of aliphatic hydroxyl groups is 1. The Morgan fingerprint density at radius 1 is 1.30 bits per heavy atom. The molecular weight excluding hydrogens is 611 g/mol. The monoisotopic (exact) mass is 642 g/mol. The fourth-order valence-electron chi connectivity index (χ4n) is 5.10. The lowest BCUT2D eigenvalue weighted by Crippen LogP contribution is -2.55. The van der Waals surface area contributed by atoms with Gasteiger partial charge >= 0.3 is 12.1 Å². The molecule has 2 aromatic rings. The first-order valence-corrected chi connectivity index (χ1v) is 14.9. The maximum atomic E-state index is 15.1. The van der Waals surface area contributed by atoms with E-state index in [-0.39, 0.29) is 35.6 Å². The maximum Gasteiger partial charge on any atom is 0.421 e. The van der Waals surface area contributed by atoms with Gasteiger partial charge in [-0.05, 0) is 38.0 Å². The number of hydrogen-bond acceptors (Lipinski definition) is 9. The van der Waals surface area contributed by atoms with Crippen molar-refractivity contribution >= 4 is 31.0 Å². The number of nitrogens with zero attached hydrogens (tertiary/aromatic N) is 4. The molecular formula is C26H31F4N8O5P. The Bertz CT molecular complexity index is 1570. The molecule has 3 atom stereocenters. The molecule has 44 heavy (non-hydrogen) atoms. The molecule has 0 radical (unpaired) electrons. The minimum atomic E-state index is -5.57. The highest BCUT2D eigenvalue weighted by Gasteiger charge is 2.47. The van der Waals surface area contributed by atoms with Gasteiger partial charge in [0.25, 0.3) is 0 Å². The van der Waals surface area contributed by atoms with E-state index < -0.39 is 54.5 Å². The number of alkyl halides is 3. The summed E-state index contributed by atoms with van der Waals surface area (Å²) in [4.78, 5) is 43.2. The molecule has 1 aliphatic heterocycles. The molecule has 3 unspecified atom stereocenters. The number of quaternary nitrogens is 1. The van der Waals surface area contributed by atoms with Gasteiger partial charge in [-0.2, -0.15) is 23.3 Å². The SMILES string of the molecule is CNC(=O)C1=C(Nc2nc(NC3(P(=O)([O-])O)CC=C(C)C=C3F)ncc2C(F)(F)F)C=CC[N+]1(CCCCO)c1cn[nH]c1. The van der Waals surface area contributed by atoms with Gasteiger partial charge in [-0.1, -0.05) is 11.6 Å². The van der Waals surface area contributed by atoms with Crippen LogP contribution in [0.3, 0.4) is 0 Å². The fraction of sp³-hybridized carbons (Fsp3) is 0.385. The van der Waals surface area contributed by atoms with Crippen LogP contribution in [0.4, 0.5) is 35.0 Å². The lowest BCUT2D eigenvalue weighted by atomic mass is 10.0. The molecule has 1 aliphatic carbocycles. The summed E-state index contributed by atoms with van der Waals surface area (Å²) < 4.78 is 69.8. The predicted octanol–water partition coefficient (Wildman–Crippen LogP) is 2.80. The van der Waals surface area contributed by atoms with Crippen molar-refractivity contribution in [3.8, 4) is 0 Å². The summed E-state index contributed by atoms with van der Waals surface area (Å²) in [5, 5.41) is 20.5. The quantitative estimate of drug-likeness (QED) is 0.0921. The van der Waals surface area contributed by atoms with E-state index in [4.69, 9.17) is 0 Å². The Morgan fingerprint density at radius 3 is 2.64 bits per heavy atom. The zero-order chi connectivity index (χ0) is 32.3. The third-order valence-electron chi connectivity index (χ3n) is 7.37. The van der Waals surface area contributed by atoms with E-state index in [0.717, 1.165) is 6.08 Å². The number of carbonyl (C=O) groups excluding carboxylic acids is 1. The molecule has 2 aromatic heterocycles. The Kier molecular flexibility index (Phi) is 9.46. The molecule has 0 fully saturated rings. The average Bonchev–Trinajstić information content (AvgIpc) is 3.49. The molecule has 0 bridgehead atoms. The van der Waals surface area contributed by atoms with Crippen molar-refractivity contribution in [3.05, 3.63) is 71.3 Å². The highest BCUT2D eigenvalue weighted by atomic mass is 31.2. The molecule has 238 valence electrons. The van der Waals surface area contributed by atoms with Crippen LogP contribution in [0.2, 0.25) is 0 Å². The number of likely N-dealkylation sites (N-methyl/N-ethyl adjacent to an activating group) is 1. The van der Waals surface area contributed by atoms with Crippen molar-refractivity contribution in [2.45, 2.75) is 37.6 Å². The molecule has 0 saturated carbocycles. The average molecular weight is 643 g/mol. The zero-order valence-corrected chi connectivity index (χ0v) is 24.5. The zero-order valence-electron chi connectivity index (χ0n) is 23.7. The molecule has 2 aliphatic rings. The van der Waals surface area contributed by atoms with E-state index in [0.29, 0.717) is 30.3 Å². The highest BCUT2D eigenvalue weighted by molar-refractivity contribution is 7.52. The lowest BCUT2D eigenvalue weighted by molar-refractivity contribution is -0.198. The van der Waals surface area contributed by atoms with E-state index in [1.54, 1.807) is 12.3 Å². The minimum absolute atomic E-state index is 0.00773. The number of hydrogen-bond donors (Lipinski definition) is 6. The second kappa shape index (κ2) is 12.6. The Hall–Kier alpha value is -3.89. The third-order valence-corrected chi connectivity index (χ3v) is 8.84. The number of amides is 1. The van der Waals surface area contributed by atoms with Crippen LogP contribution in [0.1, 0.15) is 31.7 Å². The van der Waals surface area contributed by atoms with Crippen molar-refractivity contribution in [2.24, 2.45) is 0 Å². The number of allylic oxidation sites excluding steroid dienone is 3. The van der Waals surface area contributed by atoms with Gasteiger partial charge in [0.05, 0.1) is 12.7 Å². The summed E-state index contributed by atoms with van der Waals surface area (Å²) in [6.07, 6.45) is 3.83. The highest BCUT2D eigenvalue weighted by Crippen LogP contribution is 2.55. The molecule has 4 rings (SSSR count). The number of aromatic amines is 1. The lowest BCUT2D eigenvalue weighted by Gasteiger charge is -2.41. The number of halogens is 4. The van der Waals surface area contributed by atoms with Crippen LogP contribution in [-0.4, -0.2) is 68.1 Å². The molecule has 1 amide bonds. The summed E-state index contributed by atoms with van der Waals surface area (Å²) in [5.41, 5.74) is -0.561. The molecule has 0 spiro atoms. The van der Waals surface area contributed by atoms with Crippen LogP contribution in [0.5, 0.6) is 0 Å². The van der Waals surface area contributed by atoms with Gasteiger partial charge < -0.3 is 35.4 Å². The summed E-state index contributed by atoms with van der Waals surface area (Å²) in [5.74, 6) is -3.56. The Balaban J connectivity index is 1.87. The van der Waals surface area contributed by atoms with Gasteiger partial charge in [-0.3, -0.25) is 9.89 Å². The topological polar surface area (TPSA) is 188 Å². The first-order valence-electron chi connectivity index (χ1n) is 13.4. The molecule has 0 aromatic carbocycles. The van der Waals surface area contributed by atoms with Crippen LogP contribution >= 0.6 is 7.60 Å². The van der Waals surface area contributed by atoms with E-state index >= 15 is 4.39 Å². The van der Waals surface area contributed by atoms with Gasteiger partial charge in [-0.15, -0.1) is 0 Å². The molecule has 0 saturated heterocycles. The summed E-state index contributed by atoms with van der Waals surface area (Å²) in [7, 11) is -4.22. The first kappa shape index (κ1) is 33.0. The number of aliphatic hydroxyl groups excluding tert-OH is 1.